The van der Waals surface area contributed by atoms with Crippen molar-refractivity contribution >= 4 is 43.6 Å². The zero-order valence-electron chi connectivity index (χ0n) is 27.0. The topological polar surface area (TPSA) is 46.5 Å². The Balaban J connectivity index is 1.15. The summed E-state index contributed by atoms with van der Waals surface area (Å²) in [5.41, 5.74) is 12.9. The first-order chi connectivity index (χ1) is 24.7. The van der Waals surface area contributed by atoms with Gasteiger partial charge in [-0.15, -0.1) is 0 Å². The molecule has 0 radical (unpaired) electrons. The van der Waals surface area contributed by atoms with Crippen LogP contribution in [0.3, 0.4) is 0 Å². The first-order valence-corrected chi connectivity index (χ1v) is 16.8. The quantitative estimate of drug-likeness (QED) is 0.177. The van der Waals surface area contributed by atoms with E-state index >= 15 is 0 Å². The number of rotatable bonds is 5. The number of nitriles is 1. The Morgan fingerprint density at radius 1 is 0.420 bits per heavy atom. The fourth-order valence-electron chi connectivity index (χ4n) is 7.56. The number of hydrogen-bond donors (Lipinski definition) is 0. The highest BCUT2D eigenvalue weighted by atomic mass is 15.1. The first kappa shape index (κ1) is 28.1. The maximum absolute atomic E-state index is 9.36. The van der Waals surface area contributed by atoms with Crippen LogP contribution in [0.1, 0.15) is 5.56 Å². The van der Waals surface area contributed by atoms with Gasteiger partial charge in [-0.2, -0.15) is 5.26 Å². The number of imidazole rings is 1. The fourth-order valence-corrected chi connectivity index (χ4v) is 7.56. The van der Waals surface area contributed by atoms with E-state index in [1.807, 2.05) is 36.4 Å². The van der Waals surface area contributed by atoms with Crippen LogP contribution in [0.25, 0.3) is 88.6 Å². The minimum absolute atomic E-state index is 0.662. The molecule has 0 spiro atoms. The van der Waals surface area contributed by atoms with Gasteiger partial charge in [0.1, 0.15) is 5.82 Å². The summed E-state index contributed by atoms with van der Waals surface area (Å²) in [6.07, 6.45) is 0. The van der Waals surface area contributed by atoms with Gasteiger partial charge in [-0.25, -0.2) is 4.98 Å². The Bertz CT molecular complexity index is 2890. The first-order valence-electron chi connectivity index (χ1n) is 16.8. The molecule has 232 valence electrons. The van der Waals surface area contributed by atoms with E-state index in [9.17, 15) is 5.26 Å². The summed E-state index contributed by atoms with van der Waals surface area (Å²) in [6, 6.07) is 62.0. The second-order valence-corrected chi connectivity index (χ2v) is 12.8. The molecule has 10 rings (SSSR count). The van der Waals surface area contributed by atoms with E-state index in [1.54, 1.807) is 0 Å². The van der Waals surface area contributed by atoms with Crippen molar-refractivity contribution in [2.45, 2.75) is 0 Å². The normalized spacial score (nSPS) is 11.6. The molecule has 10 aromatic rings. The van der Waals surface area contributed by atoms with Crippen LogP contribution in [0.5, 0.6) is 0 Å². The van der Waals surface area contributed by atoms with Gasteiger partial charge in [0.05, 0.1) is 33.7 Å². The molecule has 0 bridgehead atoms. The van der Waals surface area contributed by atoms with Crippen LogP contribution in [-0.2, 0) is 0 Å². The molecule has 0 aliphatic carbocycles. The second kappa shape index (κ2) is 11.1. The number of nitrogens with zero attached hydrogens (tertiary/aromatic N) is 4. The number of fused-ring (bicyclic) bond motifs is 1. The SMILES string of the molecule is N#Cc1ccc(-c2cc3ccc4cc(-c5ccc(-c6nc7ccccc7n6-c6ccccc6)cc5)cc5c4c3c(c2)n5-c2ccccc2)cc1. The van der Waals surface area contributed by atoms with Crippen LogP contribution in [0.4, 0.5) is 0 Å². The van der Waals surface area contributed by atoms with Gasteiger partial charge in [0, 0.05) is 27.7 Å². The summed E-state index contributed by atoms with van der Waals surface area (Å²) in [4.78, 5) is 5.08. The van der Waals surface area contributed by atoms with Crippen LogP contribution in [0, 0.1) is 11.3 Å². The predicted molar refractivity (Wildman–Crippen MR) is 205 cm³/mol. The standard InChI is InChI=1S/C46H28N4/c47-29-30-15-17-31(18-16-30)36-25-34-23-24-35-26-37(28-43-45(35)44(34)42(27-36)49(43)38-9-3-1-4-10-38)32-19-21-33(22-20-32)46-48-40-13-7-8-14-41(40)50(46)39-11-5-2-6-12-39/h1-28H. The lowest BCUT2D eigenvalue weighted by Gasteiger charge is -2.11. The molecule has 4 heteroatoms. The number of hydrogen-bond acceptors (Lipinski definition) is 2. The fraction of sp³-hybridized carbons (Fsp3) is 0. The minimum atomic E-state index is 0.662. The molecule has 4 nitrogen and oxygen atoms in total. The lowest BCUT2D eigenvalue weighted by atomic mass is 9.95. The minimum Gasteiger partial charge on any atom is -0.309 e. The van der Waals surface area contributed by atoms with Crippen molar-refractivity contribution in [1.82, 2.24) is 14.1 Å². The van der Waals surface area contributed by atoms with E-state index in [4.69, 9.17) is 4.98 Å². The molecule has 50 heavy (non-hydrogen) atoms. The van der Waals surface area contributed by atoms with Crippen molar-refractivity contribution in [2.75, 3.05) is 0 Å². The van der Waals surface area contributed by atoms with Crippen molar-refractivity contribution in [2.24, 2.45) is 0 Å². The van der Waals surface area contributed by atoms with E-state index in [1.165, 1.54) is 32.6 Å². The summed E-state index contributed by atoms with van der Waals surface area (Å²) in [7, 11) is 0. The summed E-state index contributed by atoms with van der Waals surface area (Å²) in [5, 5.41) is 14.3. The van der Waals surface area contributed by atoms with Crippen LogP contribution in [-0.4, -0.2) is 14.1 Å². The molecule has 2 heterocycles. The Labute approximate surface area is 288 Å². The van der Waals surface area contributed by atoms with Gasteiger partial charge in [0.15, 0.2) is 0 Å². The third-order valence-corrected chi connectivity index (χ3v) is 9.88. The van der Waals surface area contributed by atoms with Crippen molar-refractivity contribution in [3.05, 3.63) is 175 Å². The van der Waals surface area contributed by atoms with Crippen molar-refractivity contribution in [1.29, 1.82) is 5.26 Å². The van der Waals surface area contributed by atoms with E-state index in [2.05, 4.69) is 149 Å². The number of aromatic nitrogens is 3. The zero-order chi connectivity index (χ0) is 33.2. The largest absolute Gasteiger partial charge is 0.309 e. The van der Waals surface area contributed by atoms with Crippen LogP contribution in [0.15, 0.2) is 170 Å². The highest BCUT2D eigenvalue weighted by Crippen LogP contribution is 2.43. The molecular formula is C46H28N4. The molecule has 0 fully saturated rings. The summed E-state index contributed by atoms with van der Waals surface area (Å²) in [5.74, 6) is 0.923. The average molecular weight is 637 g/mol. The van der Waals surface area contributed by atoms with Crippen molar-refractivity contribution < 1.29 is 0 Å². The molecule has 8 aromatic carbocycles. The maximum atomic E-state index is 9.36. The van der Waals surface area contributed by atoms with Gasteiger partial charge in [0.25, 0.3) is 0 Å². The molecule has 0 atom stereocenters. The van der Waals surface area contributed by atoms with Crippen molar-refractivity contribution in [3.8, 4) is 51.1 Å². The molecule has 0 N–H and O–H groups in total. The summed E-state index contributed by atoms with van der Waals surface area (Å²) in [6.45, 7) is 0. The smallest absolute Gasteiger partial charge is 0.145 e. The monoisotopic (exact) mass is 636 g/mol. The van der Waals surface area contributed by atoms with Gasteiger partial charge < -0.3 is 4.57 Å². The molecule has 0 aliphatic rings. The third-order valence-electron chi connectivity index (χ3n) is 9.88. The molecule has 0 aliphatic heterocycles. The van der Waals surface area contributed by atoms with E-state index < -0.39 is 0 Å². The summed E-state index contributed by atoms with van der Waals surface area (Å²) >= 11 is 0. The van der Waals surface area contributed by atoms with Gasteiger partial charge in [-0.05, 0) is 106 Å². The summed E-state index contributed by atoms with van der Waals surface area (Å²) < 4.78 is 4.64. The Morgan fingerprint density at radius 2 is 0.920 bits per heavy atom. The molecule has 2 aromatic heterocycles. The maximum Gasteiger partial charge on any atom is 0.145 e. The molecule has 0 amide bonds. The van der Waals surface area contributed by atoms with Gasteiger partial charge in [0.2, 0.25) is 0 Å². The molecular weight excluding hydrogens is 609 g/mol. The van der Waals surface area contributed by atoms with Crippen molar-refractivity contribution in [3.63, 3.8) is 0 Å². The zero-order valence-corrected chi connectivity index (χ0v) is 27.0. The third kappa shape index (κ3) is 4.35. The lowest BCUT2D eigenvalue weighted by Crippen LogP contribution is -1.97. The van der Waals surface area contributed by atoms with E-state index in [-0.39, 0.29) is 0 Å². The highest BCUT2D eigenvalue weighted by molar-refractivity contribution is 6.25. The van der Waals surface area contributed by atoms with E-state index in [0.29, 0.717) is 5.56 Å². The van der Waals surface area contributed by atoms with Gasteiger partial charge >= 0.3 is 0 Å². The second-order valence-electron chi connectivity index (χ2n) is 12.8. The number of benzene rings is 8. The Hall–Kier alpha value is -6.96. The van der Waals surface area contributed by atoms with E-state index in [0.717, 1.165) is 56.0 Å². The predicted octanol–water partition coefficient (Wildman–Crippen LogP) is 11.6. The highest BCUT2D eigenvalue weighted by Gasteiger charge is 2.20. The van der Waals surface area contributed by atoms with Gasteiger partial charge in [-0.1, -0.05) is 97.1 Å². The Kier molecular flexibility index (Phi) is 6.21. The van der Waals surface area contributed by atoms with Crippen LogP contribution in [0.2, 0.25) is 0 Å². The van der Waals surface area contributed by atoms with Gasteiger partial charge in [-0.3, -0.25) is 4.57 Å². The molecule has 0 unspecified atom stereocenters. The number of para-hydroxylation sites is 4. The lowest BCUT2D eigenvalue weighted by molar-refractivity contribution is 1.10. The van der Waals surface area contributed by atoms with Crippen LogP contribution < -0.4 is 0 Å². The molecule has 0 saturated heterocycles. The molecule has 0 saturated carbocycles. The van der Waals surface area contributed by atoms with Crippen LogP contribution >= 0.6 is 0 Å². The Morgan fingerprint density at radius 3 is 1.50 bits per heavy atom. The average Bonchev–Trinajstić information content (AvgIpc) is 3.74.